The number of amides is 1. The van der Waals surface area contributed by atoms with Crippen molar-refractivity contribution in [2.75, 3.05) is 26.8 Å². The first kappa shape index (κ1) is 20.3. The summed E-state index contributed by atoms with van der Waals surface area (Å²) in [6.45, 7) is 4.69. The number of benzene rings is 1. The molecule has 1 aliphatic rings. The van der Waals surface area contributed by atoms with E-state index in [9.17, 15) is 13.6 Å². The molecule has 30 heavy (non-hydrogen) atoms. The van der Waals surface area contributed by atoms with Crippen molar-refractivity contribution < 1.29 is 23.0 Å². The first-order chi connectivity index (χ1) is 14.4. The van der Waals surface area contributed by atoms with E-state index in [1.165, 1.54) is 19.2 Å². The monoisotopic (exact) mass is 415 g/mol. The summed E-state index contributed by atoms with van der Waals surface area (Å²) < 4.78 is 42.0. The summed E-state index contributed by atoms with van der Waals surface area (Å²) in [7, 11) is 1.33. The summed E-state index contributed by atoms with van der Waals surface area (Å²) in [5.74, 6) is -1.32. The van der Waals surface area contributed by atoms with Crippen molar-refractivity contribution in [3.8, 4) is 11.3 Å². The van der Waals surface area contributed by atoms with Gasteiger partial charge in [0.25, 0.3) is 0 Å². The van der Waals surface area contributed by atoms with E-state index >= 15 is 0 Å². The molecule has 3 heterocycles. The fraction of sp³-hybridized carbons (Fsp3) is 0.364. The standard InChI is InChI=1S/C22H23F2N3O3/c1-13-4-5-27-18(11-15-12-26(6-7-30-15)22(28)29-3)21(25-19(27)10-13)20-16(23)8-14(2)9-17(20)24/h4-5,8-10,15H,6-7,11-12H2,1-3H3/t15-/m0/s1. The van der Waals surface area contributed by atoms with Crippen molar-refractivity contribution in [2.45, 2.75) is 26.4 Å². The number of morpholine rings is 1. The van der Waals surface area contributed by atoms with Gasteiger partial charge in [-0.2, -0.15) is 0 Å². The average molecular weight is 415 g/mol. The quantitative estimate of drug-likeness (QED) is 0.651. The molecule has 8 heteroatoms. The van der Waals surface area contributed by atoms with Gasteiger partial charge in [-0.1, -0.05) is 0 Å². The smallest absolute Gasteiger partial charge is 0.409 e. The zero-order valence-corrected chi connectivity index (χ0v) is 17.1. The molecule has 0 saturated carbocycles. The van der Waals surface area contributed by atoms with Gasteiger partial charge in [0.2, 0.25) is 0 Å². The number of carbonyl (C=O) groups excluding carboxylic acids is 1. The van der Waals surface area contributed by atoms with Crippen molar-refractivity contribution in [1.29, 1.82) is 0 Å². The van der Waals surface area contributed by atoms with Gasteiger partial charge in [-0.25, -0.2) is 18.6 Å². The van der Waals surface area contributed by atoms with Crippen LogP contribution in [0, 0.1) is 25.5 Å². The normalized spacial score (nSPS) is 16.8. The minimum Gasteiger partial charge on any atom is -0.453 e. The molecule has 1 amide bonds. The number of fused-ring (bicyclic) bond motifs is 1. The highest BCUT2D eigenvalue weighted by atomic mass is 19.1. The van der Waals surface area contributed by atoms with Crippen LogP contribution in [0.15, 0.2) is 30.5 Å². The maximum atomic E-state index is 14.8. The molecule has 1 atom stereocenters. The Hall–Kier alpha value is -3.00. The van der Waals surface area contributed by atoms with Crippen molar-refractivity contribution in [1.82, 2.24) is 14.3 Å². The van der Waals surface area contributed by atoms with Crippen molar-refractivity contribution in [3.63, 3.8) is 0 Å². The molecule has 6 nitrogen and oxygen atoms in total. The highest BCUT2D eigenvalue weighted by Crippen LogP contribution is 2.32. The van der Waals surface area contributed by atoms with Gasteiger partial charge in [0, 0.05) is 19.2 Å². The topological polar surface area (TPSA) is 56.1 Å². The molecule has 0 radical (unpaired) electrons. The van der Waals surface area contributed by atoms with E-state index in [-0.39, 0.29) is 17.4 Å². The van der Waals surface area contributed by atoms with E-state index in [1.807, 2.05) is 29.7 Å². The molecule has 0 aliphatic carbocycles. The SMILES string of the molecule is COC(=O)N1CCO[C@@H](Cc2c(-c3c(F)cc(C)cc3F)nc3cc(C)ccn23)C1. The maximum absolute atomic E-state index is 14.8. The number of hydrogen-bond donors (Lipinski definition) is 0. The fourth-order valence-corrected chi connectivity index (χ4v) is 3.87. The first-order valence-electron chi connectivity index (χ1n) is 9.75. The summed E-state index contributed by atoms with van der Waals surface area (Å²) in [5.41, 5.74) is 2.80. The molecule has 1 aliphatic heterocycles. The van der Waals surface area contributed by atoms with E-state index in [0.717, 1.165) is 5.56 Å². The number of halogens is 2. The Morgan fingerprint density at radius 3 is 2.67 bits per heavy atom. The molecule has 0 spiro atoms. The van der Waals surface area contributed by atoms with Gasteiger partial charge in [-0.15, -0.1) is 0 Å². The van der Waals surface area contributed by atoms with Crippen molar-refractivity contribution in [3.05, 3.63) is 58.9 Å². The number of imidazole rings is 1. The predicted octanol–water partition coefficient (Wildman–Crippen LogP) is 3.91. The molecule has 0 bridgehead atoms. The molecule has 4 rings (SSSR count). The third kappa shape index (κ3) is 3.75. The molecule has 2 aromatic heterocycles. The number of carbonyl (C=O) groups is 1. The molecular formula is C22H23F2N3O3. The minimum atomic E-state index is -0.658. The van der Waals surface area contributed by atoms with E-state index in [2.05, 4.69) is 4.98 Å². The highest BCUT2D eigenvalue weighted by molar-refractivity contribution is 5.69. The van der Waals surface area contributed by atoms with Gasteiger partial charge in [-0.3, -0.25) is 0 Å². The van der Waals surface area contributed by atoms with Crippen LogP contribution in [-0.2, 0) is 15.9 Å². The van der Waals surface area contributed by atoms with E-state index in [0.29, 0.717) is 43.0 Å². The minimum absolute atomic E-state index is 0.155. The summed E-state index contributed by atoms with van der Waals surface area (Å²) in [4.78, 5) is 18.0. The third-order valence-corrected chi connectivity index (χ3v) is 5.30. The summed E-state index contributed by atoms with van der Waals surface area (Å²) in [6.07, 6.45) is 1.39. The number of pyridine rings is 1. The van der Waals surface area contributed by atoms with E-state index < -0.39 is 17.7 Å². The lowest BCUT2D eigenvalue weighted by Gasteiger charge is -2.32. The zero-order chi connectivity index (χ0) is 21.4. The Morgan fingerprint density at radius 2 is 1.97 bits per heavy atom. The molecule has 0 N–H and O–H groups in total. The van der Waals surface area contributed by atoms with Gasteiger partial charge in [0.15, 0.2) is 0 Å². The predicted molar refractivity (Wildman–Crippen MR) is 107 cm³/mol. The van der Waals surface area contributed by atoms with Crippen LogP contribution in [0.5, 0.6) is 0 Å². The van der Waals surface area contributed by atoms with Crippen LogP contribution >= 0.6 is 0 Å². The van der Waals surface area contributed by atoms with Crippen LogP contribution in [0.25, 0.3) is 16.9 Å². The van der Waals surface area contributed by atoms with Crippen LogP contribution in [0.2, 0.25) is 0 Å². The molecular weight excluding hydrogens is 392 g/mol. The van der Waals surface area contributed by atoms with E-state index in [4.69, 9.17) is 9.47 Å². The highest BCUT2D eigenvalue weighted by Gasteiger charge is 2.28. The summed E-state index contributed by atoms with van der Waals surface area (Å²) in [6, 6.07) is 6.37. The second-order valence-corrected chi connectivity index (χ2v) is 7.56. The number of ether oxygens (including phenoxy) is 2. The Labute approximate surface area is 173 Å². The number of rotatable bonds is 3. The maximum Gasteiger partial charge on any atom is 0.409 e. The van der Waals surface area contributed by atoms with Crippen LogP contribution in [-0.4, -0.2) is 53.3 Å². The lowest BCUT2D eigenvalue weighted by Crippen LogP contribution is -2.46. The molecule has 3 aromatic rings. The first-order valence-corrected chi connectivity index (χ1v) is 9.75. The van der Waals surface area contributed by atoms with Gasteiger partial charge < -0.3 is 18.8 Å². The van der Waals surface area contributed by atoms with Crippen LogP contribution in [0.1, 0.15) is 16.8 Å². The Morgan fingerprint density at radius 1 is 1.23 bits per heavy atom. The number of aryl methyl sites for hydroxylation is 2. The van der Waals surface area contributed by atoms with Crippen molar-refractivity contribution in [2.24, 2.45) is 0 Å². The second-order valence-electron chi connectivity index (χ2n) is 7.56. The molecule has 1 aromatic carbocycles. The van der Waals surface area contributed by atoms with Gasteiger partial charge in [-0.05, 0) is 49.2 Å². The lowest BCUT2D eigenvalue weighted by atomic mass is 10.0. The average Bonchev–Trinajstić information content (AvgIpc) is 3.03. The third-order valence-electron chi connectivity index (χ3n) is 5.30. The van der Waals surface area contributed by atoms with Crippen molar-refractivity contribution >= 4 is 11.7 Å². The van der Waals surface area contributed by atoms with Gasteiger partial charge >= 0.3 is 6.09 Å². The summed E-state index contributed by atoms with van der Waals surface area (Å²) >= 11 is 0. The number of methoxy groups -OCH3 is 1. The molecule has 1 fully saturated rings. The van der Waals surface area contributed by atoms with Crippen LogP contribution in [0.3, 0.4) is 0 Å². The largest absolute Gasteiger partial charge is 0.453 e. The number of hydrogen-bond acceptors (Lipinski definition) is 4. The van der Waals surface area contributed by atoms with Crippen LogP contribution in [0.4, 0.5) is 13.6 Å². The van der Waals surface area contributed by atoms with Gasteiger partial charge in [0.05, 0.1) is 43.3 Å². The Bertz CT molecular complexity index is 1090. The summed E-state index contributed by atoms with van der Waals surface area (Å²) in [5, 5.41) is 0. The van der Waals surface area contributed by atoms with E-state index in [1.54, 1.807) is 11.8 Å². The fourth-order valence-electron chi connectivity index (χ4n) is 3.87. The Kier molecular flexibility index (Phi) is 5.42. The lowest BCUT2D eigenvalue weighted by molar-refractivity contribution is -0.0241. The number of aromatic nitrogens is 2. The second kappa shape index (κ2) is 8.02. The Balaban J connectivity index is 1.79. The molecule has 158 valence electrons. The zero-order valence-electron chi connectivity index (χ0n) is 17.1. The number of nitrogens with zero attached hydrogens (tertiary/aromatic N) is 3. The molecule has 0 unspecified atom stereocenters. The van der Waals surface area contributed by atoms with Gasteiger partial charge in [0.1, 0.15) is 17.3 Å². The van der Waals surface area contributed by atoms with Crippen LogP contribution < -0.4 is 0 Å². The molecule has 1 saturated heterocycles.